The van der Waals surface area contributed by atoms with Crippen molar-refractivity contribution in [3.63, 3.8) is 0 Å². The van der Waals surface area contributed by atoms with Crippen LogP contribution >= 0.6 is 11.3 Å². The van der Waals surface area contributed by atoms with Gasteiger partial charge in [0.1, 0.15) is 0 Å². The Morgan fingerprint density at radius 2 is 1.82 bits per heavy atom. The van der Waals surface area contributed by atoms with E-state index >= 15 is 0 Å². The number of benzene rings is 2. The monoisotopic (exact) mass is 565 g/mol. The smallest absolute Gasteiger partial charge is 0.475 e. The molecule has 2 aromatic heterocycles. The summed E-state index contributed by atoms with van der Waals surface area (Å²) in [5.74, 6) is -6.01. The predicted octanol–water partition coefficient (Wildman–Crippen LogP) is 5.92. The minimum atomic E-state index is -5.08. The van der Waals surface area contributed by atoms with Crippen molar-refractivity contribution in [2.75, 3.05) is 13.1 Å². The quantitative estimate of drug-likeness (QED) is 0.309. The number of hydrogen-bond acceptors (Lipinski definition) is 6. The number of ether oxygens (including phenoxy) is 1. The maximum absolute atomic E-state index is 14.7. The highest BCUT2D eigenvalue weighted by Gasteiger charge is 2.47. The number of alkyl halides is 5. The van der Waals surface area contributed by atoms with Gasteiger partial charge in [0.05, 0.1) is 23.3 Å². The maximum Gasteiger partial charge on any atom is 0.490 e. The minimum Gasteiger partial charge on any atom is -0.475 e. The summed E-state index contributed by atoms with van der Waals surface area (Å²) in [6.45, 7) is -0.265. The number of fused-ring (bicyclic) bond motifs is 1. The van der Waals surface area contributed by atoms with Crippen molar-refractivity contribution in [1.82, 2.24) is 14.9 Å². The summed E-state index contributed by atoms with van der Waals surface area (Å²) < 4.78 is 66.7. The van der Waals surface area contributed by atoms with Crippen LogP contribution in [0.15, 0.2) is 71.6 Å². The number of halogens is 5. The molecule has 1 amide bonds. The second-order valence-electron chi connectivity index (χ2n) is 8.47. The lowest BCUT2D eigenvalue weighted by atomic mass is 10.0. The maximum atomic E-state index is 14.7. The van der Waals surface area contributed by atoms with Gasteiger partial charge in [-0.3, -0.25) is 4.79 Å². The van der Waals surface area contributed by atoms with E-state index in [1.807, 2.05) is 29.6 Å². The molecule has 1 N–H and O–H groups in total. The number of amides is 1. The molecule has 1 atom stereocenters. The number of pyridine rings is 1. The number of carbonyl (C=O) groups is 2. The first-order valence-electron chi connectivity index (χ1n) is 11.4. The molecule has 1 aliphatic rings. The van der Waals surface area contributed by atoms with Gasteiger partial charge < -0.3 is 14.7 Å². The fraction of sp³-hybridized carbons (Fsp3) is 0.231. The third kappa shape index (κ3) is 6.85. The predicted molar refractivity (Wildman–Crippen MR) is 133 cm³/mol. The van der Waals surface area contributed by atoms with Gasteiger partial charge in [-0.1, -0.05) is 30.3 Å². The van der Waals surface area contributed by atoms with Crippen LogP contribution in [0.5, 0.6) is 5.88 Å². The number of carbonyl (C=O) groups excluding carboxylic acids is 1. The summed E-state index contributed by atoms with van der Waals surface area (Å²) in [5.41, 5.74) is 4.41. The zero-order chi connectivity index (χ0) is 28.2. The molecule has 1 saturated heterocycles. The number of nitrogens with zero attached hydrogens (tertiary/aromatic N) is 3. The average Bonchev–Trinajstić information content (AvgIpc) is 3.45. The van der Waals surface area contributed by atoms with Gasteiger partial charge in [0.2, 0.25) is 5.88 Å². The Hall–Kier alpha value is -4.13. The van der Waals surface area contributed by atoms with Crippen molar-refractivity contribution in [2.24, 2.45) is 0 Å². The fourth-order valence-corrected chi connectivity index (χ4v) is 4.35. The largest absolute Gasteiger partial charge is 0.490 e. The molecule has 2 aromatic carbocycles. The molecule has 0 unspecified atom stereocenters. The van der Waals surface area contributed by atoms with Crippen LogP contribution in [0.3, 0.4) is 0 Å². The molecule has 1 fully saturated rings. The zero-order valence-electron chi connectivity index (χ0n) is 19.9. The van der Waals surface area contributed by atoms with Gasteiger partial charge in [0.25, 0.3) is 11.8 Å². The Kier molecular flexibility index (Phi) is 8.09. The van der Waals surface area contributed by atoms with Crippen LogP contribution in [-0.2, 0) is 4.79 Å². The van der Waals surface area contributed by atoms with Gasteiger partial charge in [-0.15, -0.1) is 11.3 Å². The molecule has 0 saturated carbocycles. The van der Waals surface area contributed by atoms with E-state index < -0.39 is 30.6 Å². The molecule has 7 nitrogen and oxygen atoms in total. The van der Waals surface area contributed by atoms with Crippen LogP contribution in [-0.4, -0.2) is 63.1 Å². The number of aliphatic carboxylic acids is 1. The molecular formula is C26H20F5N3O4S. The van der Waals surface area contributed by atoms with Crippen molar-refractivity contribution >= 4 is 34.1 Å². The third-order valence-corrected chi connectivity index (χ3v) is 6.36. The number of carboxylic acids is 1. The van der Waals surface area contributed by atoms with Crippen molar-refractivity contribution in [3.8, 4) is 17.1 Å². The lowest BCUT2D eigenvalue weighted by Gasteiger charge is -2.38. The Morgan fingerprint density at radius 1 is 1.08 bits per heavy atom. The first kappa shape index (κ1) is 27.9. The van der Waals surface area contributed by atoms with E-state index in [1.165, 1.54) is 16.2 Å². The molecule has 204 valence electrons. The van der Waals surface area contributed by atoms with Crippen LogP contribution < -0.4 is 4.74 Å². The van der Waals surface area contributed by atoms with Crippen molar-refractivity contribution < 1.29 is 41.4 Å². The molecule has 0 bridgehead atoms. The molecular weight excluding hydrogens is 545 g/mol. The second-order valence-corrected chi connectivity index (χ2v) is 9.19. The van der Waals surface area contributed by atoms with E-state index in [0.29, 0.717) is 11.1 Å². The summed E-state index contributed by atoms with van der Waals surface area (Å²) in [6, 6.07) is 17.8. The molecule has 1 aliphatic heterocycles. The molecule has 0 aliphatic carbocycles. The molecule has 0 radical (unpaired) electrons. The van der Waals surface area contributed by atoms with E-state index in [4.69, 9.17) is 14.6 Å². The summed E-state index contributed by atoms with van der Waals surface area (Å²) in [7, 11) is 0. The highest BCUT2D eigenvalue weighted by Crippen LogP contribution is 2.33. The van der Waals surface area contributed by atoms with Gasteiger partial charge in [0.15, 0.2) is 6.10 Å². The van der Waals surface area contributed by atoms with Crippen LogP contribution in [0.2, 0.25) is 0 Å². The van der Waals surface area contributed by atoms with Crippen molar-refractivity contribution in [3.05, 3.63) is 77.1 Å². The topological polar surface area (TPSA) is 92.6 Å². The summed E-state index contributed by atoms with van der Waals surface area (Å²) in [4.78, 5) is 32.0. The van der Waals surface area contributed by atoms with E-state index in [9.17, 15) is 26.7 Å². The first-order valence-corrected chi connectivity index (χ1v) is 12.4. The Bertz CT molecular complexity index is 1460. The zero-order valence-corrected chi connectivity index (χ0v) is 20.8. The SMILES string of the molecule is O=C(O)C(F)(F)F.O=C(c1cccc(-c2cscn2)c1)N1CCC(F)(F)[C@@H](Oc2ccc3ccccc3n2)C1. The fourth-order valence-electron chi connectivity index (χ4n) is 3.79. The van der Waals surface area contributed by atoms with E-state index in [1.54, 1.807) is 41.9 Å². The standard InChI is InChI=1S/C24H19F2N3O2S.C2HF3O2/c25-24(26)10-11-29(23(30)18-6-3-5-17(12-18)20-14-32-15-27-20)13-21(24)31-22-9-8-16-4-1-2-7-19(16)28-22;3-2(4,5)1(6)7/h1-9,12,14-15,21H,10-11,13H2;(H,6,7)/t21-;/m0./s1. The number of carboxylic acid groups (broad SMARTS) is 1. The van der Waals surface area contributed by atoms with Crippen LogP contribution in [0.4, 0.5) is 22.0 Å². The lowest BCUT2D eigenvalue weighted by Crippen LogP contribution is -2.55. The molecule has 4 aromatic rings. The lowest BCUT2D eigenvalue weighted by molar-refractivity contribution is -0.192. The van der Waals surface area contributed by atoms with Crippen LogP contribution in [0.1, 0.15) is 16.8 Å². The van der Waals surface area contributed by atoms with Gasteiger partial charge in [-0.2, -0.15) is 13.2 Å². The summed E-state index contributed by atoms with van der Waals surface area (Å²) in [5, 5.41) is 9.91. The number of hydrogen-bond donors (Lipinski definition) is 1. The number of likely N-dealkylation sites (tertiary alicyclic amines) is 1. The highest BCUT2D eigenvalue weighted by molar-refractivity contribution is 7.07. The number of aromatic nitrogens is 2. The van der Waals surface area contributed by atoms with Gasteiger partial charge >= 0.3 is 12.1 Å². The van der Waals surface area contributed by atoms with Crippen LogP contribution in [0.25, 0.3) is 22.2 Å². The first-order chi connectivity index (χ1) is 18.4. The second kappa shape index (κ2) is 11.3. The van der Waals surface area contributed by atoms with Crippen LogP contribution in [0, 0.1) is 0 Å². The molecule has 5 rings (SSSR count). The Morgan fingerprint density at radius 3 is 2.51 bits per heavy atom. The normalized spacial score (nSPS) is 16.7. The number of rotatable bonds is 4. The number of para-hydroxylation sites is 1. The minimum absolute atomic E-state index is 0.0439. The van der Waals surface area contributed by atoms with Gasteiger partial charge in [-0.05, 0) is 24.3 Å². The van der Waals surface area contributed by atoms with Gasteiger partial charge in [-0.25, -0.2) is 23.5 Å². The molecule has 3 heterocycles. The average molecular weight is 566 g/mol. The summed E-state index contributed by atoms with van der Waals surface area (Å²) in [6.07, 6.45) is -7.03. The molecule has 0 spiro atoms. The van der Waals surface area contributed by atoms with E-state index in [-0.39, 0.29) is 24.9 Å². The van der Waals surface area contributed by atoms with E-state index in [2.05, 4.69) is 9.97 Å². The van der Waals surface area contributed by atoms with Crippen molar-refractivity contribution in [1.29, 1.82) is 0 Å². The highest BCUT2D eigenvalue weighted by atomic mass is 32.1. The Balaban J connectivity index is 0.000000448. The summed E-state index contributed by atoms with van der Waals surface area (Å²) >= 11 is 1.47. The van der Waals surface area contributed by atoms with E-state index in [0.717, 1.165) is 16.6 Å². The number of thiazole rings is 1. The van der Waals surface area contributed by atoms with Gasteiger partial charge in [0, 0.05) is 40.9 Å². The molecule has 39 heavy (non-hydrogen) atoms. The number of piperidine rings is 1. The van der Waals surface area contributed by atoms with Crippen molar-refractivity contribution in [2.45, 2.75) is 24.6 Å². The third-order valence-electron chi connectivity index (χ3n) is 5.78. The molecule has 13 heteroatoms. The Labute approximate surface area is 222 Å².